The van der Waals surface area contributed by atoms with Crippen LogP contribution in [0, 0.1) is 0 Å². The second-order valence-electron chi connectivity index (χ2n) is 4.71. The van der Waals surface area contributed by atoms with Crippen LogP contribution in [0.3, 0.4) is 0 Å². The number of amides is 2. The molecule has 0 atom stereocenters. The Morgan fingerprint density at radius 3 is 2.52 bits per heavy atom. The maximum absolute atomic E-state index is 11.7. The predicted molar refractivity (Wildman–Crippen MR) is 90.7 cm³/mol. The van der Waals surface area contributed by atoms with Crippen LogP contribution in [0.15, 0.2) is 42.7 Å². The van der Waals surface area contributed by atoms with Crippen molar-refractivity contribution in [3.8, 4) is 5.69 Å². The highest BCUT2D eigenvalue weighted by atomic mass is 35.5. The number of hydrogen-bond acceptors (Lipinski definition) is 4. The minimum atomic E-state index is -0.270. The quantitative estimate of drug-likeness (QED) is 0.703. The Balaban J connectivity index is 0.00000264. The number of carbonyl (C=O) groups is 2. The van der Waals surface area contributed by atoms with E-state index in [1.807, 2.05) is 24.4 Å². The number of nitrogens with one attached hydrogen (secondary N) is 2. The molecular weight excluding hydrogens is 318 g/mol. The molecule has 7 nitrogen and oxygen atoms in total. The van der Waals surface area contributed by atoms with Gasteiger partial charge in [-0.15, -0.1) is 12.4 Å². The molecule has 124 valence electrons. The molecule has 0 aliphatic carbocycles. The topological polar surface area (TPSA) is 102 Å². The van der Waals surface area contributed by atoms with Crippen molar-refractivity contribution in [2.24, 2.45) is 5.73 Å². The monoisotopic (exact) mass is 337 g/mol. The summed E-state index contributed by atoms with van der Waals surface area (Å²) in [4.78, 5) is 23.1. The molecule has 1 aromatic carbocycles. The van der Waals surface area contributed by atoms with Gasteiger partial charge < -0.3 is 16.4 Å². The highest BCUT2D eigenvalue weighted by Gasteiger charge is 2.06. The fourth-order valence-corrected chi connectivity index (χ4v) is 1.85. The fourth-order valence-electron chi connectivity index (χ4n) is 1.85. The van der Waals surface area contributed by atoms with Gasteiger partial charge in [0.15, 0.2) is 0 Å². The number of nitrogens with two attached hydrogens (primary N) is 1. The zero-order valence-electron chi connectivity index (χ0n) is 12.6. The maximum Gasteiger partial charge on any atom is 0.243 e. The highest BCUT2D eigenvalue weighted by molar-refractivity contribution is 5.94. The van der Waals surface area contributed by atoms with Gasteiger partial charge in [-0.3, -0.25) is 9.59 Å². The van der Waals surface area contributed by atoms with E-state index in [-0.39, 0.29) is 30.8 Å². The molecule has 2 rings (SSSR count). The van der Waals surface area contributed by atoms with Crippen LogP contribution in [0.25, 0.3) is 5.69 Å². The summed E-state index contributed by atoms with van der Waals surface area (Å²) in [6.07, 6.45) is 4.48. The van der Waals surface area contributed by atoms with Gasteiger partial charge in [-0.05, 0) is 43.3 Å². The van der Waals surface area contributed by atoms with Gasteiger partial charge in [0.05, 0.1) is 12.2 Å². The van der Waals surface area contributed by atoms with Crippen LogP contribution in [0.5, 0.6) is 0 Å². The molecule has 0 saturated heterocycles. The lowest BCUT2D eigenvalue weighted by molar-refractivity contribution is -0.124. The van der Waals surface area contributed by atoms with E-state index in [4.69, 9.17) is 5.73 Å². The van der Waals surface area contributed by atoms with Crippen molar-refractivity contribution >= 4 is 29.9 Å². The zero-order chi connectivity index (χ0) is 15.8. The van der Waals surface area contributed by atoms with E-state index in [0.29, 0.717) is 25.1 Å². The predicted octanol–water partition coefficient (Wildman–Crippen LogP) is 1.09. The van der Waals surface area contributed by atoms with Crippen molar-refractivity contribution in [2.75, 3.05) is 18.4 Å². The number of carbonyl (C=O) groups excluding carboxylic acids is 2. The third kappa shape index (κ3) is 6.09. The normalized spacial score (nSPS) is 9.78. The van der Waals surface area contributed by atoms with Crippen molar-refractivity contribution in [1.82, 2.24) is 15.1 Å². The number of halogens is 1. The van der Waals surface area contributed by atoms with Gasteiger partial charge in [-0.25, -0.2) is 4.68 Å². The lowest BCUT2D eigenvalue weighted by atomic mass is 10.2. The summed E-state index contributed by atoms with van der Waals surface area (Å²) in [7, 11) is 0. The average molecular weight is 338 g/mol. The Bertz CT molecular complexity index is 613. The van der Waals surface area contributed by atoms with Gasteiger partial charge in [0.1, 0.15) is 0 Å². The minimum Gasteiger partial charge on any atom is -0.347 e. The molecule has 0 bridgehead atoms. The number of nitrogens with zero attached hydrogens (tertiary/aromatic N) is 2. The second-order valence-corrected chi connectivity index (χ2v) is 4.71. The Morgan fingerprint density at radius 1 is 1.17 bits per heavy atom. The third-order valence-corrected chi connectivity index (χ3v) is 2.97. The Hall–Kier alpha value is -2.38. The van der Waals surface area contributed by atoms with Crippen molar-refractivity contribution < 1.29 is 9.59 Å². The Morgan fingerprint density at radius 2 is 1.91 bits per heavy atom. The summed E-state index contributed by atoms with van der Waals surface area (Å²) in [6.45, 7) is 0.409. The largest absolute Gasteiger partial charge is 0.347 e. The van der Waals surface area contributed by atoms with E-state index >= 15 is 0 Å². The van der Waals surface area contributed by atoms with Crippen LogP contribution in [0.1, 0.15) is 12.8 Å². The smallest absolute Gasteiger partial charge is 0.243 e. The molecule has 8 heteroatoms. The van der Waals surface area contributed by atoms with Crippen molar-refractivity contribution in [3.63, 3.8) is 0 Å². The summed E-state index contributed by atoms with van der Waals surface area (Å²) < 4.78 is 1.73. The van der Waals surface area contributed by atoms with Crippen molar-refractivity contribution in [2.45, 2.75) is 12.8 Å². The molecule has 0 radical (unpaired) electrons. The van der Waals surface area contributed by atoms with Gasteiger partial charge in [-0.2, -0.15) is 5.10 Å². The van der Waals surface area contributed by atoms with Crippen LogP contribution in [-0.2, 0) is 9.59 Å². The SMILES string of the molecule is Cl.NCCCC(=O)NCC(=O)Nc1ccc(-n2cccn2)cc1. The van der Waals surface area contributed by atoms with Gasteiger partial charge in [-0.1, -0.05) is 0 Å². The first-order valence-electron chi connectivity index (χ1n) is 7.06. The summed E-state index contributed by atoms with van der Waals surface area (Å²) in [5.74, 6) is -0.442. The van der Waals surface area contributed by atoms with E-state index < -0.39 is 0 Å². The molecule has 0 spiro atoms. The minimum absolute atomic E-state index is 0. The van der Waals surface area contributed by atoms with Crippen LogP contribution in [-0.4, -0.2) is 34.7 Å². The van der Waals surface area contributed by atoms with Gasteiger partial charge in [0, 0.05) is 24.5 Å². The number of aromatic nitrogens is 2. The van der Waals surface area contributed by atoms with Crippen LogP contribution in [0.2, 0.25) is 0 Å². The molecule has 0 aliphatic heterocycles. The van der Waals surface area contributed by atoms with Crippen LogP contribution >= 0.6 is 12.4 Å². The van der Waals surface area contributed by atoms with E-state index in [1.165, 1.54) is 0 Å². The second kappa shape index (κ2) is 9.60. The van der Waals surface area contributed by atoms with Crippen LogP contribution in [0.4, 0.5) is 5.69 Å². The molecule has 2 amide bonds. The molecule has 1 aromatic heterocycles. The molecule has 0 unspecified atom stereocenters. The standard InChI is InChI=1S/C15H19N5O2.ClH/c16-8-1-3-14(21)17-11-15(22)19-12-4-6-13(7-5-12)20-10-2-9-18-20;/h2,4-7,9-10H,1,3,8,11,16H2,(H,17,21)(H,19,22);1H. The summed E-state index contributed by atoms with van der Waals surface area (Å²) in [5.41, 5.74) is 6.88. The number of anilines is 1. The average Bonchev–Trinajstić information content (AvgIpc) is 3.06. The molecule has 2 aromatic rings. The van der Waals surface area contributed by atoms with Gasteiger partial charge in [0.25, 0.3) is 0 Å². The molecule has 0 aliphatic rings. The molecule has 1 heterocycles. The van der Waals surface area contributed by atoms with E-state index in [9.17, 15) is 9.59 Å². The molecule has 23 heavy (non-hydrogen) atoms. The summed E-state index contributed by atoms with van der Waals surface area (Å²) in [6, 6.07) is 9.10. The Kier molecular flexibility index (Phi) is 7.79. The maximum atomic E-state index is 11.7. The van der Waals surface area contributed by atoms with Gasteiger partial charge >= 0.3 is 0 Å². The molecule has 0 saturated carbocycles. The Labute approximate surface area is 140 Å². The number of benzene rings is 1. The van der Waals surface area contributed by atoms with E-state index in [2.05, 4.69) is 15.7 Å². The first-order valence-corrected chi connectivity index (χ1v) is 7.06. The summed E-state index contributed by atoms with van der Waals surface area (Å²) in [5, 5.41) is 9.39. The van der Waals surface area contributed by atoms with E-state index in [1.54, 1.807) is 23.0 Å². The molecular formula is C15H20ClN5O2. The van der Waals surface area contributed by atoms with Gasteiger partial charge in [0.2, 0.25) is 11.8 Å². The molecule has 0 fully saturated rings. The molecule has 4 N–H and O–H groups in total. The van der Waals surface area contributed by atoms with Crippen LogP contribution < -0.4 is 16.4 Å². The first kappa shape index (κ1) is 18.7. The number of rotatable bonds is 7. The number of hydrogen-bond donors (Lipinski definition) is 3. The zero-order valence-corrected chi connectivity index (χ0v) is 13.4. The lowest BCUT2D eigenvalue weighted by Crippen LogP contribution is -2.32. The van der Waals surface area contributed by atoms with E-state index in [0.717, 1.165) is 5.69 Å². The fraction of sp³-hybridized carbons (Fsp3) is 0.267. The first-order chi connectivity index (χ1) is 10.7. The van der Waals surface area contributed by atoms with Crippen molar-refractivity contribution in [3.05, 3.63) is 42.7 Å². The highest BCUT2D eigenvalue weighted by Crippen LogP contribution is 2.12. The van der Waals surface area contributed by atoms with Crippen molar-refractivity contribution in [1.29, 1.82) is 0 Å². The third-order valence-electron chi connectivity index (χ3n) is 2.97. The summed E-state index contributed by atoms with van der Waals surface area (Å²) >= 11 is 0. The lowest BCUT2D eigenvalue weighted by Gasteiger charge is -2.08.